The summed E-state index contributed by atoms with van der Waals surface area (Å²) in [6, 6.07) is 8.10. The first-order chi connectivity index (χ1) is 11.1. The largest absolute Gasteiger partial charge is 0.378 e. The highest BCUT2D eigenvalue weighted by Gasteiger charge is 2.35. The molecule has 0 radical (unpaired) electrons. The molecule has 2 heterocycles. The molecule has 0 saturated heterocycles. The van der Waals surface area contributed by atoms with E-state index in [0.717, 1.165) is 35.4 Å². The summed E-state index contributed by atoms with van der Waals surface area (Å²) >= 11 is 0. The molecule has 0 unspecified atom stereocenters. The van der Waals surface area contributed by atoms with Gasteiger partial charge in [0.2, 0.25) is 5.95 Å². The van der Waals surface area contributed by atoms with Crippen molar-refractivity contribution in [3.8, 4) is 0 Å². The van der Waals surface area contributed by atoms with E-state index < -0.39 is 0 Å². The summed E-state index contributed by atoms with van der Waals surface area (Å²) in [5.74, 6) is 0.918. The topological polar surface area (TPSA) is 63.1 Å². The smallest absolute Gasteiger partial charge is 0.226 e. The van der Waals surface area contributed by atoms with Gasteiger partial charge in [-0.15, -0.1) is 0 Å². The fraction of sp³-hybridized carbons (Fsp3) is 0.353. The summed E-state index contributed by atoms with van der Waals surface area (Å²) in [6.07, 6.45) is 3.93. The minimum atomic E-state index is -0.187. The molecule has 1 atom stereocenters. The van der Waals surface area contributed by atoms with Crippen LogP contribution >= 0.6 is 0 Å². The van der Waals surface area contributed by atoms with Gasteiger partial charge in [0.1, 0.15) is 12.4 Å². The second kappa shape index (κ2) is 5.22. The molecule has 1 aromatic heterocycles. The maximum atomic E-state index is 12.6. The van der Waals surface area contributed by atoms with Gasteiger partial charge in [0.15, 0.2) is 5.78 Å². The van der Waals surface area contributed by atoms with E-state index in [0.29, 0.717) is 12.4 Å². The van der Waals surface area contributed by atoms with Crippen LogP contribution in [-0.4, -0.2) is 34.6 Å². The van der Waals surface area contributed by atoms with E-state index in [1.165, 1.54) is 6.33 Å². The minimum Gasteiger partial charge on any atom is -0.378 e. The number of Topliss-reactive ketones (excluding diaryl/α,β-unsaturated/α-hetero) is 1. The van der Waals surface area contributed by atoms with Crippen LogP contribution in [0.15, 0.2) is 41.9 Å². The van der Waals surface area contributed by atoms with Crippen LogP contribution in [0.5, 0.6) is 0 Å². The molecule has 0 spiro atoms. The Kier molecular flexibility index (Phi) is 3.18. The van der Waals surface area contributed by atoms with Crippen LogP contribution in [0.4, 0.5) is 11.6 Å². The van der Waals surface area contributed by atoms with E-state index in [4.69, 9.17) is 0 Å². The van der Waals surface area contributed by atoms with Gasteiger partial charge in [0.05, 0.1) is 0 Å². The number of anilines is 2. The van der Waals surface area contributed by atoms with Gasteiger partial charge in [0, 0.05) is 37.5 Å². The number of fused-ring (bicyclic) bond motifs is 1. The first kappa shape index (κ1) is 14.0. The van der Waals surface area contributed by atoms with Crippen molar-refractivity contribution < 1.29 is 4.79 Å². The van der Waals surface area contributed by atoms with Crippen LogP contribution in [0, 0.1) is 0 Å². The summed E-state index contributed by atoms with van der Waals surface area (Å²) < 4.78 is 1.81. The van der Waals surface area contributed by atoms with Crippen LogP contribution in [0.3, 0.4) is 0 Å². The molecule has 1 aliphatic carbocycles. The quantitative estimate of drug-likeness (QED) is 0.922. The van der Waals surface area contributed by atoms with Gasteiger partial charge in [-0.25, -0.2) is 4.68 Å². The molecule has 0 saturated carbocycles. The Bertz CT molecular complexity index is 788. The standard InChI is InChI=1S/C17H19N5O/c1-21(2)12-8-6-11(7-9-12)16-15-13(4-3-5-14(15)23)20-17-18-10-19-22(16)17/h6-10,16H,3-5H2,1-2H3,(H,18,19,20)/t16-/m0/s1. The van der Waals surface area contributed by atoms with E-state index in [1.807, 2.05) is 18.8 Å². The Balaban J connectivity index is 1.84. The van der Waals surface area contributed by atoms with Gasteiger partial charge in [-0.1, -0.05) is 12.1 Å². The van der Waals surface area contributed by atoms with Crippen molar-refractivity contribution in [2.75, 3.05) is 24.3 Å². The zero-order valence-electron chi connectivity index (χ0n) is 13.3. The number of hydrogen-bond donors (Lipinski definition) is 1. The number of nitrogens with one attached hydrogen (secondary N) is 1. The van der Waals surface area contributed by atoms with Crippen LogP contribution < -0.4 is 10.2 Å². The number of carbonyl (C=O) groups excluding carboxylic acids is 1. The average molecular weight is 309 g/mol. The van der Waals surface area contributed by atoms with E-state index in [2.05, 4.69) is 44.6 Å². The molecule has 2 aliphatic rings. The molecule has 4 rings (SSSR count). The van der Waals surface area contributed by atoms with Crippen molar-refractivity contribution in [2.24, 2.45) is 0 Å². The lowest BCUT2D eigenvalue weighted by Gasteiger charge is -2.32. The average Bonchev–Trinajstić information content (AvgIpc) is 3.01. The van der Waals surface area contributed by atoms with Crippen molar-refractivity contribution in [3.05, 3.63) is 47.4 Å². The van der Waals surface area contributed by atoms with E-state index in [9.17, 15) is 4.79 Å². The molecule has 0 bridgehead atoms. The van der Waals surface area contributed by atoms with E-state index >= 15 is 0 Å². The maximum absolute atomic E-state index is 12.6. The Morgan fingerprint density at radius 1 is 1.22 bits per heavy atom. The molecule has 1 N–H and O–H groups in total. The van der Waals surface area contributed by atoms with Crippen LogP contribution in [0.2, 0.25) is 0 Å². The number of carbonyl (C=O) groups is 1. The Hall–Kier alpha value is -2.63. The van der Waals surface area contributed by atoms with Crippen LogP contribution in [0.25, 0.3) is 0 Å². The molecule has 2 aromatic rings. The molecular formula is C17H19N5O. The third kappa shape index (κ3) is 2.21. The number of hydrogen-bond acceptors (Lipinski definition) is 5. The molecule has 1 aromatic carbocycles. The van der Waals surface area contributed by atoms with Crippen molar-refractivity contribution in [1.82, 2.24) is 14.8 Å². The molecule has 0 amide bonds. The molecular weight excluding hydrogens is 290 g/mol. The highest BCUT2D eigenvalue weighted by Crippen LogP contribution is 2.39. The normalized spacial score (nSPS) is 19.9. The lowest BCUT2D eigenvalue weighted by Crippen LogP contribution is -2.31. The lowest BCUT2D eigenvalue weighted by molar-refractivity contribution is -0.116. The number of allylic oxidation sites excluding steroid dienone is 2. The van der Waals surface area contributed by atoms with Crippen molar-refractivity contribution in [1.29, 1.82) is 0 Å². The summed E-state index contributed by atoms with van der Waals surface area (Å²) in [5.41, 5.74) is 4.03. The summed E-state index contributed by atoms with van der Waals surface area (Å²) in [4.78, 5) is 18.9. The maximum Gasteiger partial charge on any atom is 0.226 e. The lowest BCUT2D eigenvalue weighted by atomic mass is 9.85. The molecule has 0 fully saturated rings. The molecule has 23 heavy (non-hydrogen) atoms. The second-order valence-corrected chi connectivity index (χ2v) is 6.21. The van der Waals surface area contributed by atoms with Gasteiger partial charge >= 0.3 is 0 Å². The van der Waals surface area contributed by atoms with E-state index in [1.54, 1.807) is 0 Å². The summed E-state index contributed by atoms with van der Waals surface area (Å²) in [6.45, 7) is 0. The van der Waals surface area contributed by atoms with Crippen molar-refractivity contribution in [3.63, 3.8) is 0 Å². The molecule has 6 heteroatoms. The third-order valence-corrected chi connectivity index (χ3v) is 4.54. The predicted molar refractivity (Wildman–Crippen MR) is 88.4 cm³/mol. The monoisotopic (exact) mass is 309 g/mol. The van der Waals surface area contributed by atoms with Crippen molar-refractivity contribution >= 4 is 17.4 Å². The summed E-state index contributed by atoms with van der Waals surface area (Å²) in [5, 5.41) is 7.62. The van der Waals surface area contributed by atoms with Crippen LogP contribution in [0.1, 0.15) is 30.9 Å². The zero-order chi connectivity index (χ0) is 16.0. The number of ketones is 1. The van der Waals surface area contributed by atoms with Gasteiger partial charge in [-0.3, -0.25) is 4.79 Å². The number of benzene rings is 1. The third-order valence-electron chi connectivity index (χ3n) is 4.54. The van der Waals surface area contributed by atoms with Gasteiger partial charge in [-0.05, 0) is 30.5 Å². The fourth-order valence-corrected chi connectivity index (χ4v) is 3.36. The Labute approximate surface area is 134 Å². The second-order valence-electron chi connectivity index (χ2n) is 6.21. The highest BCUT2D eigenvalue weighted by molar-refractivity contribution is 5.99. The predicted octanol–water partition coefficient (Wildman–Crippen LogP) is 2.37. The first-order valence-electron chi connectivity index (χ1n) is 7.85. The zero-order valence-corrected chi connectivity index (χ0v) is 13.3. The van der Waals surface area contributed by atoms with Gasteiger partial charge in [-0.2, -0.15) is 10.1 Å². The number of rotatable bonds is 2. The van der Waals surface area contributed by atoms with Gasteiger partial charge in [0.25, 0.3) is 0 Å². The Morgan fingerprint density at radius 3 is 2.74 bits per heavy atom. The number of nitrogens with zero attached hydrogens (tertiary/aromatic N) is 4. The minimum absolute atomic E-state index is 0.187. The number of aromatic nitrogens is 3. The molecule has 6 nitrogen and oxygen atoms in total. The van der Waals surface area contributed by atoms with Gasteiger partial charge < -0.3 is 10.2 Å². The Morgan fingerprint density at radius 2 is 2.00 bits per heavy atom. The van der Waals surface area contributed by atoms with Crippen molar-refractivity contribution in [2.45, 2.75) is 25.3 Å². The highest BCUT2D eigenvalue weighted by atomic mass is 16.1. The molecule has 118 valence electrons. The van der Waals surface area contributed by atoms with E-state index in [-0.39, 0.29) is 11.8 Å². The summed E-state index contributed by atoms with van der Waals surface area (Å²) in [7, 11) is 4.03. The first-order valence-corrected chi connectivity index (χ1v) is 7.85. The SMILES string of the molecule is CN(C)c1ccc([C@H]2C3=C(CCCC3=O)Nc3ncnn32)cc1. The van der Waals surface area contributed by atoms with Crippen LogP contribution in [-0.2, 0) is 4.79 Å². The fourth-order valence-electron chi connectivity index (χ4n) is 3.36. The molecule has 1 aliphatic heterocycles.